The second kappa shape index (κ2) is 59.2. The fourth-order valence-electron chi connectivity index (χ4n) is 8.47. The zero-order chi connectivity index (χ0) is 51.4. The molecule has 0 aliphatic rings. The molecule has 0 aliphatic heterocycles. The van der Waals surface area contributed by atoms with Gasteiger partial charge in [0, 0.05) is 19.3 Å². The van der Waals surface area contributed by atoms with E-state index in [9.17, 15) is 14.4 Å². The molecule has 0 saturated heterocycles. The minimum absolute atomic E-state index is 0.0937. The molecular weight excluding hydrogens is 877 g/mol. The number of rotatable bonds is 54. The first-order valence-corrected chi connectivity index (χ1v) is 30.2. The average Bonchev–Trinajstić information content (AvgIpc) is 3.37. The van der Waals surface area contributed by atoms with Crippen LogP contribution in [0.25, 0.3) is 0 Å². The molecule has 6 heteroatoms. The molecule has 0 saturated carbocycles. The number of unbranched alkanes of at least 4 members (excludes halogenated alkanes) is 34. The molecule has 0 N–H and O–H groups in total. The maximum Gasteiger partial charge on any atom is 0.306 e. The first-order valence-electron chi connectivity index (χ1n) is 30.2. The lowest BCUT2D eigenvalue weighted by atomic mass is 10.0. The zero-order valence-corrected chi connectivity index (χ0v) is 46.7. The van der Waals surface area contributed by atoms with Crippen LogP contribution in [-0.4, -0.2) is 37.2 Å². The summed E-state index contributed by atoms with van der Waals surface area (Å²) in [5, 5.41) is 0. The van der Waals surface area contributed by atoms with Crippen molar-refractivity contribution in [3.05, 3.63) is 85.1 Å². The number of hydrogen-bond donors (Lipinski definition) is 0. The van der Waals surface area contributed by atoms with Gasteiger partial charge in [-0.3, -0.25) is 14.4 Å². The third-order valence-electron chi connectivity index (χ3n) is 13.0. The van der Waals surface area contributed by atoms with Gasteiger partial charge in [0.25, 0.3) is 0 Å². The highest BCUT2D eigenvalue weighted by Gasteiger charge is 2.19. The smallest absolute Gasteiger partial charge is 0.306 e. The van der Waals surface area contributed by atoms with Gasteiger partial charge in [-0.2, -0.15) is 0 Å². The quantitative estimate of drug-likeness (QED) is 0.0261. The molecule has 0 bridgehead atoms. The average molecular weight is 990 g/mol. The Hall–Kier alpha value is -3.41. The van der Waals surface area contributed by atoms with Crippen molar-refractivity contribution in [1.82, 2.24) is 0 Å². The van der Waals surface area contributed by atoms with Crippen LogP contribution in [0.1, 0.15) is 290 Å². The van der Waals surface area contributed by atoms with E-state index < -0.39 is 6.10 Å². The molecular formula is C65H112O6. The van der Waals surface area contributed by atoms with Crippen molar-refractivity contribution in [2.45, 2.75) is 297 Å². The summed E-state index contributed by atoms with van der Waals surface area (Å²) in [5.41, 5.74) is 0. The van der Waals surface area contributed by atoms with Gasteiger partial charge in [-0.15, -0.1) is 0 Å². The van der Waals surface area contributed by atoms with Crippen LogP contribution < -0.4 is 0 Å². The van der Waals surface area contributed by atoms with Gasteiger partial charge in [0.2, 0.25) is 0 Å². The molecule has 6 nitrogen and oxygen atoms in total. The van der Waals surface area contributed by atoms with E-state index in [4.69, 9.17) is 14.2 Å². The van der Waals surface area contributed by atoms with Crippen molar-refractivity contribution >= 4 is 17.9 Å². The number of allylic oxidation sites excluding steroid dienone is 14. The van der Waals surface area contributed by atoms with E-state index in [1.165, 1.54) is 154 Å². The van der Waals surface area contributed by atoms with Gasteiger partial charge < -0.3 is 14.2 Å². The number of ether oxygens (including phenoxy) is 3. The van der Waals surface area contributed by atoms with Gasteiger partial charge >= 0.3 is 17.9 Å². The largest absolute Gasteiger partial charge is 0.462 e. The molecule has 0 aromatic rings. The van der Waals surface area contributed by atoms with Gasteiger partial charge in [-0.25, -0.2) is 0 Å². The molecule has 0 spiro atoms. The molecule has 0 fully saturated rings. The summed E-state index contributed by atoms with van der Waals surface area (Å²) in [4.78, 5) is 38.2. The van der Waals surface area contributed by atoms with E-state index in [2.05, 4.69) is 81.5 Å². The molecule has 0 heterocycles. The summed E-state index contributed by atoms with van der Waals surface area (Å²) in [7, 11) is 0. The minimum atomic E-state index is -0.801. The van der Waals surface area contributed by atoms with Gasteiger partial charge in [0.15, 0.2) is 6.10 Å². The Bertz CT molecular complexity index is 1370. The van der Waals surface area contributed by atoms with Crippen LogP contribution in [0.2, 0.25) is 0 Å². The lowest BCUT2D eigenvalue weighted by Gasteiger charge is -2.18. The second-order valence-corrected chi connectivity index (χ2v) is 20.1. The molecule has 0 radical (unpaired) electrons. The molecule has 0 amide bonds. The number of carbonyl (C=O) groups is 3. The van der Waals surface area contributed by atoms with Crippen molar-refractivity contribution in [3.8, 4) is 0 Å². The lowest BCUT2D eigenvalue weighted by molar-refractivity contribution is -0.167. The Kier molecular flexibility index (Phi) is 56.3. The number of carbonyl (C=O) groups excluding carboxylic acids is 3. The summed E-state index contributed by atoms with van der Waals surface area (Å²) in [6.45, 7) is 6.53. The first kappa shape index (κ1) is 67.6. The SMILES string of the molecule is CCC\C=C/C=C\C=C/C=C\C=C/CCCCCCCC(=O)OC(COC(=O)CCCCC/C=C\C=C/CCCCCCCCC)COC(=O)CCCCCCCCCCCCCCCCCCCCC. The Morgan fingerprint density at radius 1 is 0.282 bits per heavy atom. The second-order valence-electron chi connectivity index (χ2n) is 20.1. The van der Waals surface area contributed by atoms with Crippen LogP contribution >= 0.6 is 0 Å². The molecule has 1 unspecified atom stereocenters. The van der Waals surface area contributed by atoms with E-state index in [1.54, 1.807) is 0 Å². The van der Waals surface area contributed by atoms with Gasteiger partial charge in [0.1, 0.15) is 13.2 Å². The molecule has 0 aromatic heterocycles. The van der Waals surface area contributed by atoms with Crippen LogP contribution in [0.15, 0.2) is 85.1 Å². The first-order chi connectivity index (χ1) is 35.0. The fraction of sp³-hybridized carbons (Fsp3) is 0.738. The summed E-state index contributed by atoms with van der Waals surface area (Å²) in [6, 6.07) is 0. The summed E-state index contributed by atoms with van der Waals surface area (Å²) in [5.74, 6) is -0.936. The molecule has 1 atom stereocenters. The maximum absolute atomic E-state index is 12.9. The van der Waals surface area contributed by atoms with Crippen LogP contribution in [-0.2, 0) is 28.6 Å². The van der Waals surface area contributed by atoms with E-state index >= 15 is 0 Å². The molecule has 408 valence electrons. The van der Waals surface area contributed by atoms with Crippen molar-refractivity contribution in [2.24, 2.45) is 0 Å². The van der Waals surface area contributed by atoms with Crippen LogP contribution in [0.5, 0.6) is 0 Å². The molecule has 0 aliphatic carbocycles. The maximum atomic E-state index is 12.9. The van der Waals surface area contributed by atoms with E-state index in [0.717, 1.165) is 96.3 Å². The highest BCUT2D eigenvalue weighted by Crippen LogP contribution is 2.16. The third-order valence-corrected chi connectivity index (χ3v) is 13.0. The predicted octanol–water partition coefficient (Wildman–Crippen LogP) is 20.3. The molecule has 0 aromatic carbocycles. The van der Waals surface area contributed by atoms with Crippen molar-refractivity contribution in [2.75, 3.05) is 13.2 Å². The highest BCUT2D eigenvalue weighted by atomic mass is 16.6. The summed E-state index contributed by atoms with van der Waals surface area (Å²) in [6.07, 6.45) is 77.1. The Balaban J connectivity index is 4.45. The minimum Gasteiger partial charge on any atom is -0.462 e. The normalized spacial score (nSPS) is 12.7. The zero-order valence-electron chi connectivity index (χ0n) is 46.7. The Labute approximate surface area is 439 Å². The van der Waals surface area contributed by atoms with E-state index in [-0.39, 0.29) is 31.1 Å². The highest BCUT2D eigenvalue weighted by molar-refractivity contribution is 5.71. The summed E-state index contributed by atoms with van der Waals surface area (Å²) < 4.78 is 16.9. The van der Waals surface area contributed by atoms with E-state index in [0.29, 0.717) is 19.3 Å². The molecule has 0 rings (SSSR count). The van der Waals surface area contributed by atoms with Crippen molar-refractivity contribution in [3.63, 3.8) is 0 Å². The van der Waals surface area contributed by atoms with Gasteiger partial charge in [0.05, 0.1) is 0 Å². The Morgan fingerprint density at radius 3 is 0.873 bits per heavy atom. The van der Waals surface area contributed by atoms with Crippen LogP contribution in [0.4, 0.5) is 0 Å². The van der Waals surface area contributed by atoms with Crippen LogP contribution in [0, 0.1) is 0 Å². The monoisotopic (exact) mass is 989 g/mol. The Morgan fingerprint density at radius 2 is 0.535 bits per heavy atom. The van der Waals surface area contributed by atoms with Crippen molar-refractivity contribution in [1.29, 1.82) is 0 Å². The van der Waals surface area contributed by atoms with Crippen molar-refractivity contribution < 1.29 is 28.6 Å². The topological polar surface area (TPSA) is 78.9 Å². The van der Waals surface area contributed by atoms with E-state index in [1.807, 2.05) is 24.3 Å². The molecule has 71 heavy (non-hydrogen) atoms. The number of hydrogen-bond acceptors (Lipinski definition) is 6. The van der Waals surface area contributed by atoms with Gasteiger partial charge in [-0.1, -0.05) is 292 Å². The standard InChI is InChI=1S/C65H112O6/c1-4-7-10-13-16-19-22-25-28-31-33-35-37-40-43-46-49-52-55-58-64(67)70-61-62(60-69-63(66)57-54-51-48-45-42-39-36-30-27-24-21-18-15-12-9-6-3)71-65(68)59-56-53-50-47-44-41-38-34-32-29-26-23-20-17-14-11-8-5-2/h11,14,17,20,23,26,29-30,32,34,36,38-39,42,62H,4-10,12-13,15-16,18-19,21-22,24-25,27-28,31,33,35,37,40-41,43-61H2,1-3H3/b14-11-,20-17-,26-23-,32-29-,36-30-,38-34-,42-39-. The van der Waals surface area contributed by atoms with Gasteiger partial charge in [-0.05, 0) is 64.2 Å². The lowest BCUT2D eigenvalue weighted by Crippen LogP contribution is -2.30. The number of esters is 3. The fourth-order valence-corrected chi connectivity index (χ4v) is 8.47. The predicted molar refractivity (Wildman–Crippen MR) is 307 cm³/mol. The summed E-state index contributed by atoms with van der Waals surface area (Å²) >= 11 is 0. The van der Waals surface area contributed by atoms with Crippen LogP contribution in [0.3, 0.4) is 0 Å². The third kappa shape index (κ3) is 57.4.